The largest absolute Gasteiger partial charge is 0.458 e. The number of likely N-dealkylation sites (tertiary alicyclic amines) is 1. The summed E-state index contributed by atoms with van der Waals surface area (Å²) in [4.78, 5) is 51.4. The van der Waals surface area contributed by atoms with Gasteiger partial charge >= 0.3 is 5.97 Å². The van der Waals surface area contributed by atoms with Crippen molar-refractivity contribution in [1.29, 1.82) is 0 Å². The first kappa shape index (κ1) is 33.0. The number of benzene rings is 2. The van der Waals surface area contributed by atoms with Crippen LogP contribution in [0.25, 0.3) is 6.08 Å². The smallest absolute Gasteiger partial charge is 0.327 e. The first-order valence-corrected chi connectivity index (χ1v) is 19.0. The number of hydrogen-bond acceptors (Lipinski definition) is 10. The van der Waals surface area contributed by atoms with Crippen molar-refractivity contribution in [2.75, 3.05) is 19.7 Å². The zero-order chi connectivity index (χ0) is 35.2. The summed E-state index contributed by atoms with van der Waals surface area (Å²) in [5, 5.41) is 13.8. The predicted octanol–water partition coefficient (Wildman–Crippen LogP) is 2.45. The van der Waals surface area contributed by atoms with Crippen molar-refractivity contribution in [3.63, 3.8) is 0 Å². The van der Waals surface area contributed by atoms with E-state index >= 15 is 4.79 Å². The van der Waals surface area contributed by atoms with E-state index < -0.39 is 53.7 Å². The molecule has 10 unspecified atom stereocenters. The van der Waals surface area contributed by atoms with Gasteiger partial charge in [-0.15, -0.1) is 0 Å². The lowest BCUT2D eigenvalue weighted by Gasteiger charge is -2.50. The van der Waals surface area contributed by atoms with Crippen molar-refractivity contribution in [3.05, 3.63) is 76.9 Å². The van der Waals surface area contributed by atoms with Gasteiger partial charge in [-0.25, -0.2) is 0 Å². The highest BCUT2D eigenvalue weighted by Crippen LogP contribution is 2.59. The van der Waals surface area contributed by atoms with Gasteiger partial charge < -0.3 is 34.3 Å². The minimum absolute atomic E-state index is 0.0991. The molecule has 1 spiro atoms. The van der Waals surface area contributed by atoms with E-state index in [4.69, 9.17) is 23.8 Å². The van der Waals surface area contributed by atoms with Crippen LogP contribution in [0.2, 0.25) is 0 Å². The van der Waals surface area contributed by atoms with Gasteiger partial charge in [0.25, 0.3) is 0 Å². The average molecular weight is 712 g/mol. The Balaban J connectivity index is 0.997. The number of hydroxylamine groups is 2. The standard InChI is InChI=1S/C40H45N3O9/c44-17-15-41-36(45)28-10-5-16-42(28)38(47)40-21-31-32-33(51-39(50-32)19-25-7-2-3-8-26(25)20-39)35(40)52-43(34(40)37(46)49-31)22-27-9-4-1-6-24(27)13-11-23-12-14-29-30(18-23)48-29/h1-4,6-9,11,13,23,28-35,44H,5,10,12,14-22H2,(H,41,45). The molecular weight excluding hydrogens is 666 g/mol. The van der Waals surface area contributed by atoms with E-state index in [1.54, 1.807) is 9.96 Å². The molecule has 52 heavy (non-hydrogen) atoms. The van der Waals surface area contributed by atoms with Crippen LogP contribution in [0.15, 0.2) is 54.6 Å². The molecule has 5 saturated heterocycles. The second-order valence-electron chi connectivity index (χ2n) is 15.9. The number of aliphatic hydroxyl groups excluding tert-OH is 1. The second-order valence-corrected chi connectivity index (χ2v) is 15.9. The number of carbonyl (C=O) groups excluding carboxylic acids is 3. The molecule has 5 heterocycles. The van der Waals surface area contributed by atoms with Crippen molar-refractivity contribution < 1.29 is 43.3 Å². The normalized spacial score (nSPS) is 37.9. The maximum absolute atomic E-state index is 15.2. The Morgan fingerprint density at radius 3 is 2.56 bits per heavy atom. The lowest BCUT2D eigenvalue weighted by Crippen LogP contribution is -2.70. The van der Waals surface area contributed by atoms with Crippen molar-refractivity contribution in [2.45, 2.75) is 112 Å². The molecule has 2 aromatic carbocycles. The van der Waals surface area contributed by atoms with E-state index in [0.717, 1.165) is 41.5 Å². The first-order valence-electron chi connectivity index (χ1n) is 19.0. The van der Waals surface area contributed by atoms with Crippen LogP contribution in [-0.2, 0) is 57.6 Å². The molecule has 5 aliphatic heterocycles. The third-order valence-electron chi connectivity index (χ3n) is 12.9. The summed E-state index contributed by atoms with van der Waals surface area (Å²) in [5.41, 5.74) is 2.90. The van der Waals surface area contributed by atoms with Crippen LogP contribution >= 0.6 is 0 Å². The maximum Gasteiger partial charge on any atom is 0.327 e. The zero-order valence-electron chi connectivity index (χ0n) is 29.1. The highest BCUT2D eigenvalue weighted by molar-refractivity contribution is 5.96. The average Bonchev–Trinajstić information content (AvgIpc) is 3.48. The fourth-order valence-electron chi connectivity index (χ4n) is 10.4. The summed E-state index contributed by atoms with van der Waals surface area (Å²) in [6.07, 6.45) is 8.05. The van der Waals surface area contributed by atoms with Crippen molar-refractivity contribution in [2.24, 2.45) is 11.3 Å². The van der Waals surface area contributed by atoms with Gasteiger partial charge in [0.05, 0.1) is 25.4 Å². The predicted molar refractivity (Wildman–Crippen MR) is 184 cm³/mol. The number of carbonyl (C=O) groups is 3. The molecule has 10 rings (SSSR count). The molecule has 12 nitrogen and oxygen atoms in total. The van der Waals surface area contributed by atoms with Gasteiger partial charge in [0.1, 0.15) is 35.9 Å². The first-order chi connectivity index (χ1) is 25.4. The lowest BCUT2D eigenvalue weighted by atomic mass is 9.62. The maximum atomic E-state index is 15.2. The van der Waals surface area contributed by atoms with E-state index in [9.17, 15) is 14.7 Å². The molecule has 274 valence electrons. The molecule has 8 aliphatic rings. The minimum Gasteiger partial charge on any atom is -0.458 e. The highest BCUT2D eigenvalue weighted by Gasteiger charge is 2.77. The lowest BCUT2D eigenvalue weighted by molar-refractivity contribution is -0.218. The van der Waals surface area contributed by atoms with Crippen LogP contribution in [0.3, 0.4) is 0 Å². The second kappa shape index (κ2) is 12.5. The zero-order valence-corrected chi connectivity index (χ0v) is 29.1. The summed E-state index contributed by atoms with van der Waals surface area (Å²) in [6.45, 7) is 0.519. The Morgan fingerprint density at radius 1 is 0.962 bits per heavy atom. The van der Waals surface area contributed by atoms with Crippen molar-refractivity contribution in [1.82, 2.24) is 15.3 Å². The summed E-state index contributed by atoms with van der Waals surface area (Å²) in [5.74, 6) is -1.64. The van der Waals surface area contributed by atoms with Gasteiger partial charge in [-0.05, 0) is 60.3 Å². The molecule has 2 bridgehead atoms. The van der Waals surface area contributed by atoms with Gasteiger partial charge in [0.2, 0.25) is 11.8 Å². The Bertz CT molecular complexity index is 1790. The Hall–Kier alpha value is -3.65. The van der Waals surface area contributed by atoms with Crippen LogP contribution in [-0.4, -0.2) is 107 Å². The highest BCUT2D eigenvalue weighted by atomic mass is 16.8. The van der Waals surface area contributed by atoms with Crippen molar-refractivity contribution >= 4 is 23.9 Å². The summed E-state index contributed by atoms with van der Waals surface area (Å²) in [6, 6.07) is 14.5. The van der Waals surface area contributed by atoms with Gasteiger partial charge in [0.15, 0.2) is 11.8 Å². The third-order valence-corrected chi connectivity index (χ3v) is 12.9. The Morgan fingerprint density at radius 2 is 1.75 bits per heavy atom. The number of ether oxygens (including phenoxy) is 4. The van der Waals surface area contributed by atoms with Crippen LogP contribution in [0, 0.1) is 11.3 Å². The number of aliphatic hydroxyl groups is 1. The van der Waals surface area contributed by atoms with Gasteiger partial charge in [-0.2, -0.15) is 5.06 Å². The third kappa shape index (κ3) is 5.20. The number of hydrogen-bond donors (Lipinski definition) is 2. The molecule has 12 heteroatoms. The number of allylic oxidation sites excluding steroid dienone is 1. The molecule has 7 fully saturated rings. The van der Waals surface area contributed by atoms with Gasteiger partial charge in [0, 0.05) is 32.4 Å². The Labute approximate surface area is 302 Å². The molecule has 10 atom stereocenters. The molecule has 2 aromatic rings. The monoisotopic (exact) mass is 711 g/mol. The molecule has 2 N–H and O–H groups in total. The number of rotatable bonds is 8. The van der Waals surface area contributed by atoms with Crippen molar-refractivity contribution in [3.8, 4) is 0 Å². The van der Waals surface area contributed by atoms with Gasteiger partial charge in [-0.1, -0.05) is 60.7 Å². The molecule has 2 saturated carbocycles. The van der Waals surface area contributed by atoms with Crippen LogP contribution < -0.4 is 5.32 Å². The minimum atomic E-state index is -1.37. The number of nitrogens with zero attached hydrogens (tertiary/aromatic N) is 2. The number of fused-ring (bicyclic) bond motifs is 6. The SMILES string of the molecule is O=C(NCCO)C1CCCN1C(=O)C12CC3OC(=O)C1N(Cc1ccccc1C=CC1CCC4OC4C1)OC2C1OC2(Cc4ccccc4C2)OC31. The molecule has 3 aliphatic carbocycles. The van der Waals surface area contributed by atoms with E-state index in [-0.39, 0.29) is 37.9 Å². The van der Waals surface area contributed by atoms with E-state index in [1.807, 2.05) is 30.3 Å². The fourth-order valence-corrected chi connectivity index (χ4v) is 10.4. The molecule has 0 aromatic heterocycles. The summed E-state index contributed by atoms with van der Waals surface area (Å²) >= 11 is 0. The van der Waals surface area contributed by atoms with Crippen LogP contribution in [0.1, 0.15) is 60.8 Å². The molecule has 2 amide bonds. The summed E-state index contributed by atoms with van der Waals surface area (Å²) in [7, 11) is 0. The number of epoxide rings is 1. The fraction of sp³-hybridized carbons (Fsp3) is 0.575. The quantitative estimate of drug-likeness (QED) is 0.310. The topological polar surface area (TPSA) is 139 Å². The van der Waals surface area contributed by atoms with E-state index in [2.05, 4.69) is 35.7 Å². The number of amides is 2. The number of nitrogens with one attached hydrogen (secondary N) is 1. The van der Waals surface area contributed by atoms with Crippen LogP contribution in [0.4, 0.5) is 0 Å². The van der Waals surface area contributed by atoms with E-state index in [1.165, 1.54) is 0 Å². The Kier molecular flexibility index (Phi) is 7.90. The van der Waals surface area contributed by atoms with Crippen LogP contribution in [0.5, 0.6) is 0 Å². The van der Waals surface area contributed by atoms with E-state index in [0.29, 0.717) is 50.4 Å². The van der Waals surface area contributed by atoms with Gasteiger partial charge in [-0.3, -0.25) is 19.2 Å². The molecular formula is C40H45N3O9. The molecule has 0 radical (unpaired) electrons. The summed E-state index contributed by atoms with van der Waals surface area (Å²) < 4.78 is 25.7. The number of esters is 1.